The van der Waals surface area contributed by atoms with E-state index in [4.69, 9.17) is 4.74 Å². The summed E-state index contributed by atoms with van der Waals surface area (Å²) in [7, 11) is 0. The highest BCUT2D eigenvalue weighted by atomic mass is 32.1. The molecule has 2 N–H and O–H groups in total. The maximum atomic E-state index is 13.6. The number of anilines is 3. The number of hydrogen-bond acceptors (Lipinski definition) is 6. The fourth-order valence-corrected chi connectivity index (χ4v) is 6.37. The molecule has 4 heterocycles. The molecule has 0 saturated carbocycles. The van der Waals surface area contributed by atoms with Crippen LogP contribution in [0.15, 0.2) is 72.9 Å². The van der Waals surface area contributed by atoms with Crippen molar-refractivity contribution in [2.75, 3.05) is 23.3 Å². The number of para-hydroxylation sites is 1. The lowest BCUT2D eigenvalue weighted by Gasteiger charge is -2.33. The number of thiophene rings is 1. The monoisotopic (exact) mass is 567 g/mol. The van der Waals surface area contributed by atoms with Gasteiger partial charge in [-0.1, -0.05) is 24.8 Å². The van der Waals surface area contributed by atoms with Gasteiger partial charge in [-0.05, 0) is 68.7 Å². The van der Waals surface area contributed by atoms with E-state index in [-0.39, 0.29) is 23.9 Å². The standard InChI is InChI=1S/C31H29N5O4S/c1-18(2)30(38)35-15-7-8-20(17-35)33-28(37)27-26-25-24(13-14-32-29(25)41-27)36(31(39)34-26)23-12-11-22(16-19(23)3)40-21-9-5-4-6-10-21/h4-6,9-14,16,20H,1,7-8,15,17H2,2-3H3,(H,33,37)(H,34,39). The summed E-state index contributed by atoms with van der Waals surface area (Å²) in [6.45, 7) is 8.43. The van der Waals surface area contributed by atoms with Crippen molar-refractivity contribution in [3.8, 4) is 11.5 Å². The molecule has 0 bridgehead atoms. The number of aryl methyl sites for hydroxylation is 1. The summed E-state index contributed by atoms with van der Waals surface area (Å²) in [5.41, 5.74) is 3.13. The number of benzene rings is 2. The molecule has 1 unspecified atom stereocenters. The van der Waals surface area contributed by atoms with Gasteiger partial charge in [0.25, 0.3) is 5.91 Å². The molecule has 6 rings (SSSR count). The summed E-state index contributed by atoms with van der Waals surface area (Å²) in [6, 6.07) is 16.3. The average Bonchev–Trinajstić information content (AvgIpc) is 3.33. The van der Waals surface area contributed by atoms with Gasteiger partial charge in [0.1, 0.15) is 21.2 Å². The van der Waals surface area contributed by atoms with E-state index in [2.05, 4.69) is 22.2 Å². The van der Waals surface area contributed by atoms with Crippen LogP contribution in [0.4, 0.5) is 21.9 Å². The van der Waals surface area contributed by atoms with Crippen molar-refractivity contribution in [1.29, 1.82) is 0 Å². The summed E-state index contributed by atoms with van der Waals surface area (Å²) < 4.78 is 5.97. The third kappa shape index (κ3) is 5.02. The molecule has 4 amide bonds. The number of ether oxygens (including phenoxy) is 1. The van der Waals surface area contributed by atoms with Crippen LogP contribution in [-0.4, -0.2) is 46.9 Å². The number of pyridine rings is 1. The summed E-state index contributed by atoms with van der Waals surface area (Å²) in [6.07, 6.45) is 3.20. The Kier molecular flexibility index (Phi) is 6.92. The Morgan fingerprint density at radius 3 is 2.68 bits per heavy atom. The van der Waals surface area contributed by atoms with Crippen LogP contribution in [-0.2, 0) is 4.79 Å². The topological polar surface area (TPSA) is 104 Å². The summed E-state index contributed by atoms with van der Waals surface area (Å²) in [4.78, 5) is 48.3. The fourth-order valence-electron chi connectivity index (χ4n) is 5.35. The minimum Gasteiger partial charge on any atom is -0.457 e. The number of hydrogen-bond donors (Lipinski definition) is 2. The molecule has 2 aromatic carbocycles. The van der Waals surface area contributed by atoms with E-state index in [1.807, 2.05) is 55.5 Å². The summed E-state index contributed by atoms with van der Waals surface area (Å²) in [5.74, 6) is 0.993. The zero-order valence-corrected chi connectivity index (χ0v) is 23.6. The van der Waals surface area contributed by atoms with E-state index in [0.29, 0.717) is 56.6 Å². The van der Waals surface area contributed by atoms with Gasteiger partial charge in [-0.15, -0.1) is 11.3 Å². The molecule has 2 aliphatic rings. The second-order valence-electron chi connectivity index (χ2n) is 10.3. The van der Waals surface area contributed by atoms with Gasteiger partial charge >= 0.3 is 6.03 Å². The van der Waals surface area contributed by atoms with Crippen LogP contribution >= 0.6 is 11.3 Å². The molecule has 1 fully saturated rings. The normalized spacial score (nSPS) is 16.3. The number of piperidine rings is 1. The molecule has 1 atom stereocenters. The number of carbonyl (C=O) groups is 3. The van der Waals surface area contributed by atoms with Crippen LogP contribution in [0.25, 0.3) is 10.2 Å². The quantitative estimate of drug-likeness (QED) is 0.263. The Hall–Kier alpha value is -4.70. The SMILES string of the molecule is C=C(C)C(=O)N1CCCC(NC(=O)c2sc3nccc4c3c2NC(=O)N4c2ccc(Oc3ccccc3)cc2C)C1. The fraction of sp³-hybridized carbons (Fsp3) is 0.226. The van der Waals surface area contributed by atoms with Crippen LogP contribution in [0.2, 0.25) is 0 Å². The first-order valence-corrected chi connectivity index (χ1v) is 14.2. The predicted molar refractivity (Wildman–Crippen MR) is 160 cm³/mol. The summed E-state index contributed by atoms with van der Waals surface area (Å²) >= 11 is 1.24. The average molecular weight is 568 g/mol. The molecule has 0 spiro atoms. The smallest absolute Gasteiger partial charge is 0.331 e. The van der Waals surface area contributed by atoms with Gasteiger partial charge in [0, 0.05) is 30.9 Å². The lowest BCUT2D eigenvalue weighted by molar-refractivity contribution is -0.128. The van der Waals surface area contributed by atoms with Gasteiger partial charge in [-0.2, -0.15) is 0 Å². The van der Waals surface area contributed by atoms with Crippen molar-refractivity contribution < 1.29 is 19.1 Å². The molecule has 9 nitrogen and oxygen atoms in total. The van der Waals surface area contributed by atoms with Crippen molar-refractivity contribution in [1.82, 2.24) is 15.2 Å². The molecule has 208 valence electrons. The van der Waals surface area contributed by atoms with Crippen LogP contribution in [0.1, 0.15) is 35.0 Å². The van der Waals surface area contributed by atoms with Crippen molar-refractivity contribution in [3.05, 3.63) is 83.4 Å². The highest BCUT2D eigenvalue weighted by Crippen LogP contribution is 2.46. The van der Waals surface area contributed by atoms with E-state index < -0.39 is 0 Å². The van der Waals surface area contributed by atoms with Gasteiger partial charge in [0.2, 0.25) is 5.91 Å². The minimum absolute atomic E-state index is 0.0999. The van der Waals surface area contributed by atoms with Crippen molar-refractivity contribution in [2.24, 2.45) is 0 Å². The molecule has 1 saturated heterocycles. The Labute approximate surface area is 241 Å². The maximum absolute atomic E-state index is 13.6. The number of nitrogens with one attached hydrogen (secondary N) is 2. The maximum Gasteiger partial charge on any atom is 0.331 e. The first-order chi connectivity index (χ1) is 19.8. The van der Waals surface area contributed by atoms with Gasteiger partial charge in [0.15, 0.2) is 0 Å². The lowest BCUT2D eigenvalue weighted by Crippen LogP contribution is -2.49. The van der Waals surface area contributed by atoms with E-state index in [9.17, 15) is 14.4 Å². The molecule has 41 heavy (non-hydrogen) atoms. The first-order valence-electron chi connectivity index (χ1n) is 13.4. The van der Waals surface area contributed by atoms with Crippen LogP contribution in [0, 0.1) is 6.92 Å². The van der Waals surface area contributed by atoms with Gasteiger partial charge in [-0.3, -0.25) is 14.5 Å². The molecule has 0 radical (unpaired) electrons. The lowest BCUT2D eigenvalue weighted by atomic mass is 10.0. The minimum atomic E-state index is -0.367. The zero-order valence-electron chi connectivity index (χ0n) is 22.8. The molecule has 10 heteroatoms. The number of amides is 4. The number of nitrogens with zero attached hydrogens (tertiary/aromatic N) is 3. The third-order valence-electron chi connectivity index (χ3n) is 7.25. The van der Waals surface area contributed by atoms with E-state index in [1.165, 1.54) is 11.3 Å². The summed E-state index contributed by atoms with van der Waals surface area (Å²) in [5, 5.41) is 6.74. The van der Waals surface area contributed by atoms with Crippen molar-refractivity contribution >= 4 is 56.5 Å². The van der Waals surface area contributed by atoms with Gasteiger partial charge < -0.3 is 20.3 Å². The Balaban J connectivity index is 1.28. The molecule has 2 aromatic heterocycles. The van der Waals surface area contributed by atoms with E-state index >= 15 is 0 Å². The molecule has 4 aromatic rings. The number of carbonyl (C=O) groups excluding carboxylic acids is 3. The van der Waals surface area contributed by atoms with Crippen LogP contribution in [0.3, 0.4) is 0 Å². The van der Waals surface area contributed by atoms with E-state index in [0.717, 1.165) is 24.2 Å². The first kappa shape index (κ1) is 26.5. The van der Waals surface area contributed by atoms with Crippen molar-refractivity contribution in [2.45, 2.75) is 32.7 Å². The molecular formula is C31H29N5O4S. The Morgan fingerprint density at radius 1 is 1.12 bits per heavy atom. The van der Waals surface area contributed by atoms with E-state index in [1.54, 1.807) is 29.0 Å². The number of urea groups is 1. The Morgan fingerprint density at radius 2 is 1.93 bits per heavy atom. The molecule has 0 aliphatic carbocycles. The number of likely N-dealkylation sites (tertiary alicyclic amines) is 1. The number of rotatable bonds is 6. The second-order valence-corrected chi connectivity index (χ2v) is 11.3. The molecular weight excluding hydrogens is 538 g/mol. The molecule has 2 aliphatic heterocycles. The van der Waals surface area contributed by atoms with Crippen LogP contribution < -0.4 is 20.3 Å². The second kappa shape index (κ2) is 10.7. The largest absolute Gasteiger partial charge is 0.457 e. The number of aromatic nitrogens is 1. The predicted octanol–water partition coefficient (Wildman–Crippen LogP) is 6.38. The van der Waals surface area contributed by atoms with Gasteiger partial charge in [-0.25, -0.2) is 9.78 Å². The zero-order chi connectivity index (χ0) is 28.7. The highest BCUT2D eigenvalue weighted by molar-refractivity contribution is 7.21. The highest BCUT2D eigenvalue weighted by Gasteiger charge is 2.34. The van der Waals surface area contributed by atoms with Crippen LogP contribution in [0.5, 0.6) is 11.5 Å². The Bertz CT molecular complexity index is 1700. The van der Waals surface area contributed by atoms with Gasteiger partial charge in [0.05, 0.1) is 22.4 Å². The third-order valence-corrected chi connectivity index (χ3v) is 8.35. The van der Waals surface area contributed by atoms with Crippen molar-refractivity contribution in [3.63, 3.8) is 0 Å².